The third kappa shape index (κ3) is 5.27. The molecule has 1 aliphatic rings. The molecule has 8 heteroatoms. The molecular formula is C16H26N4O3S. The summed E-state index contributed by atoms with van der Waals surface area (Å²) in [7, 11) is -3.42. The van der Waals surface area contributed by atoms with Crippen molar-refractivity contribution in [3.8, 4) is 0 Å². The van der Waals surface area contributed by atoms with E-state index in [1.165, 1.54) is 4.31 Å². The van der Waals surface area contributed by atoms with Crippen LogP contribution >= 0.6 is 0 Å². The average Bonchev–Trinajstić information content (AvgIpc) is 2.62. The van der Waals surface area contributed by atoms with Gasteiger partial charge in [-0.2, -0.15) is 9.79 Å². The lowest BCUT2D eigenvalue weighted by molar-refractivity contribution is 0.149. The van der Waals surface area contributed by atoms with Crippen LogP contribution in [0.3, 0.4) is 0 Å². The van der Waals surface area contributed by atoms with Crippen molar-refractivity contribution in [3.05, 3.63) is 36.5 Å². The number of hydrogen-bond acceptors (Lipinski definition) is 6. The monoisotopic (exact) mass is 354 g/mol. The van der Waals surface area contributed by atoms with E-state index in [0.717, 1.165) is 18.7 Å². The van der Waals surface area contributed by atoms with Crippen molar-refractivity contribution in [2.75, 3.05) is 36.8 Å². The SMILES string of the molecule is CCCC=CC(CS(=O)(=O)N1CCN(c2ccccn2)CC1)NO. The van der Waals surface area contributed by atoms with Crippen molar-refractivity contribution in [1.29, 1.82) is 0 Å². The summed E-state index contributed by atoms with van der Waals surface area (Å²) in [5.74, 6) is 0.722. The maximum absolute atomic E-state index is 12.5. The number of allylic oxidation sites excluding steroid dienone is 1. The Morgan fingerprint density at radius 3 is 2.67 bits per heavy atom. The minimum absolute atomic E-state index is 0.146. The molecule has 2 heterocycles. The predicted molar refractivity (Wildman–Crippen MR) is 94.6 cm³/mol. The maximum atomic E-state index is 12.5. The summed E-state index contributed by atoms with van der Waals surface area (Å²) in [6, 6.07) is 5.12. The Labute approximate surface area is 144 Å². The van der Waals surface area contributed by atoms with Crippen molar-refractivity contribution < 1.29 is 13.6 Å². The molecule has 0 spiro atoms. The highest BCUT2D eigenvalue weighted by Gasteiger charge is 2.29. The summed E-state index contributed by atoms with van der Waals surface area (Å²) in [6.45, 7) is 4.12. The number of pyridine rings is 1. The van der Waals surface area contributed by atoms with Crippen molar-refractivity contribution in [3.63, 3.8) is 0 Å². The molecular weight excluding hydrogens is 328 g/mol. The van der Waals surface area contributed by atoms with Crippen LogP contribution in [0.1, 0.15) is 19.8 Å². The van der Waals surface area contributed by atoms with Gasteiger partial charge in [0, 0.05) is 32.4 Å². The highest BCUT2D eigenvalue weighted by molar-refractivity contribution is 7.89. The molecule has 0 amide bonds. The zero-order valence-electron chi connectivity index (χ0n) is 14.0. The van der Waals surface area contributed by atoms with E-state index < -0.39 is 16.1 Å². The van der Waals surface area contributed by atoms with E-state index in [1.54, 1.807) is 12.3 Å². The van der Waals surface area contributed by atoms with Gasteiger partial charge in [-0.05, 0) is 18.6 Å². The second-order valence-corrected chi connectivity index (χ2v) is 7.82. The number of aromatic nitrogens is 1. The number of hydroxylamine groups is 1. The summed E-state index contributed by atoms with van der Waals surface area (Å²) < 4.78 is 26.6. The average molecular weight is 354 g/mol. The molecule has 0 aliphatic carbocycles. The predicted octanol–water partition coefficient (Wildman–Crippen LogP) is 1.24. The molecule has 1 fully saturated rings. The van der Waals surface area contributed by atoms with Crippen molar-refractivity contribution in [1.82, 2.24) is 14.8 Å². The summed E-state index contributed by atoms with van der Waals surface area (Å²) in [5.41, 5.74) is 2.08. The Kier molecular flexibility index (Phi) is 7.16. The van der Waals surface area contributed by atoms with Gasteiger partial charge < -0.3 is 10.1 Å². The fraction of sp³-hybridized carbons (Fsp3) is 0.562. The molecule has 1 aliphatic heterocycles. The number of unbranched alkanes of at least 4 members (excludes halogenated alkanes) is 1. The number of nitrogens with zero attached hydrogens (tertiary/aromatic N) is 3. The smallest absolute Gasteiger partial charge is 0.216 e. The first kappa shape index (κ1) is 18.9. The molecule has 134 valence electrons. The van der Waals surface area contributed by atoms with Crippen LogP contribution in [0.4, 0.5) is 5.82 Å². The van der Waals surface area contributed by atoms with Gasteiger partial charge in [-0.15, -0.1) is 0 Å². The van der Waals surface area contributed by atoms with Crippen LogP contribution in [0, 0.1) is 0 Å². The molecule has 1 aromatic rings. The highest BCUT2D eigenvalue weighted by Crippen LogP contribution is 2.15. The second-order valence-electron chi connectivity index (χ2n) is 5.81. The molecule has 0 saturated carbocycles. The second kappa shape index (κ2) is 9.12. The lowest BCUT2D eigenvalue weighted by atomic mass is 10.2. The zero-order valence-corrected chi connectivity index (χ0v) is 14.8. The molecule has 1 saturated heterocycles. The number of piperazine rings is 1. The number of rotatable bonds is 8. The van der Waals surface area contributed by atoms with E-state index in [4.69, 9.17) is 0 Å². The first-order valence-electron chi connectivity index (χ1n) is 8.27. The number of sulfonamides is 1. The Morgan fingerprint density at radius 2 is 2.08 bits per heavy atom. The van der Waals surface area contributed by atoms with Gasteiger partial charge in [-0.1, -0.05) is 31.6 Å². The lowest BCUT2D eigenvalue weighted by Crippen LogP contribution is -2.51. The molecule has 1 unspecified atom stereocenters. The van der Waals surface area contributed by atoms with Gasteiger partial charge in [0.05, 0.1) is 11.8 Å². The zero-order chi connectivity index (χ0) is 17.4. The van der Waals surface area contributed by atoms with Crippen LogP contribution in [0.15, 0.2) is 36.5 Å². The summed E-state index contributed by atoms with van der Waals surface area (Å²) in [4.78, 5) is 6.38. The Balaban J connectivity index is 1.91. The number of hydrogen-bond donors (Lipinski definition) is 2. The maximum Gasteiger partial charge on any atom is 0.216 e. The number of nitrogens with one attached hydrogen (secondary N) is 1. The summed E-state index contributed by atoms with van der Waals surface area (Å²) >= 11 is 0. The van der Waals surface area contributed by atoms with Gasteiger partial charge in [-0.3, -0.25) is 0 Å². The van der Waals surface area contributed by atoms with Gasteiger partial charge in [0.25, 0.3) is 0 Å². The molecule has 0 radical (unpaired) electrons. The molecule has 0 bridgehead atoms. The van der Waals surface area contributed by atoms with Crippen LogP contribution in [-0.4, -0.2) is 60.9 Å². The normalized spacial score (nSPS) is 18.2. The first-order valence-corrected chi connectivity index (χ1v) is 9.88. The quantitative estimate of drug-likeness (QED) is 0.540. The fourth-order valence-corrected chi connectivity index (χ4v) is 4.20. The molecule has 7 nitrogen and oxygen atoms in total. The van der Waals surface area contributed by atoms with E-state index in [2.05, 4.69) is 15.4 Å². The van der Waals surface area contributed by atoms with Gasteiger partial charge in [-0.25, -0.2) is 13.4 Å². The van der Waals surface area contributed by atoms with Crippen molar-refractivity contribution >= 4 is 15.8 Å². The van der Waals surface area contributed by atoms with Crippen LogP contribution in [-0.2, 0) is 10.0 Å². The Hall–Kier alpha value is -1.48. The van der Waals surface area contributed by atoms with Gasteiger partial charge in [0.1, 0.15) is 5.82 Å². The Bertz CT molecular complexity index is 613. The number of anilines is 1. The lowest BCUT2D eigenvalue weighted by Gasteiger charge is -2.35. The van der Waals surface area contributed by atoms with E-state index in [9.17, 15) is 13.6 Å². The highest BCUT2D eigenvalue weighted by atomic mass is 32.2. The topological polar surface area (TPSA) is 85.8 Å². The van der Waals surface area contributed by atoms with Crippen LogP contribution in [0.25, 0.3) is 0 Å². The van der Waals surface area contributed by atoms with Gasteiger partial charge >= 0.3 is 0 Å². The van der Waals surface area contributed by atoms with E-state index in [0.29, 0.717) is 26.2 Å². The largest absolute Gasteiger partial charge is 0.354 e. The van der Waals surface area contributed by atoms with Crippen molar-refractivity contribution in [2.45, 2.75) is 25.8 Å². The Morgan fingerprint density at radius 1 is 1.33 bits per heavy atom. The third-order valence-corrected chi connectivity index (χ3v) is 5.92. The van der Waals surface area contributed by atoms with Crippen molar-refractivity contribution in [2.24, 2.45) is 0 Å². The molecule has 1 atom stereocenters. The standard InChI is InChI=1S/C16H26N4O3S/c1-2-3-4-7-15(18-21)14-24(22,23)20-12-10-19(11-13-20)16-8-5-6-9-17-16/h4-9,15,18,21H,2-3,10-14H2,1H3. The van der Waals surface area contributed by atoms with E-state index in [-0.39, 0.29) is 5.75 Å². The van der Waals surface area contributed by atoms with E-state index >= 15 is 0 Å². The molecule has 0 aromatic carbocycles. The fourth-order valence-electron chi connectivity index (χ4n) is 2.63. The summed E-state index contributed by atoms with van der Waals surface area (Å²) in [5, 5.41) is 9.18. The van der Waals surface area contributed by atoms with Crippen LogP contribution < -0.4 is 10.4 Å². The molecule has 2 N–H and O–H groups in total. The minimum atomic E-state index is -3.42. The van der Waals surface area contributed by atoms with E-state index in [1.807, 2.05) is 31.2 Å². The van der Waals surface area contributed by atoms with Gasteiger partial charge in [0.2, 0.25) is 10.0 Å². The molecule has 2 rings (SSSR count). The minimum Gasteiger partial charge on any atom is -0.354 e. The van der Waals surface area contributed by atoms with Crippen LogP contribution in [0.5, 0.6) is 0 Å². The van der Waals surface area contributed by atoms with Crippen LogP contribution in [0.2, 0.25) is 0 Å². The first-order chi connectivity index (χ1) is 11.6. The van der Waals surface area contributed by atoms with Gasteiger partial charge in [0.15, 0.2) is 0 Å². The molecule has 24 heavy (non-hydrogen) atoms. The molecule has 1 aromatic heterocycles. The third-order valence-electron chi connectivity index (χ3n) is 3.99. The summed E-state index contributed by atoms with van der Waals surface area (Å²) in [6.07, 6.45) is 7.18.